The molecule has 2 aliphatic carbocycles. The van der Waals surface area contributed by atoms with Gasteiger partial charge in [0.1, 0.15) is 0 Å². The van der Waals surface area contributed by atoms with E-state index in [9.17, 15) is 16.8 Å². The van der Waals surface area contributed by atoms with Gasteiger partial charge in [-0.3, -0.25) is 15.0 Å². The summed E-state index contributed by atoms with van der Waals surface area (Å²) in [5.74, 6) is 0.592. The summed E-state index contributed by atoms with van der Waals surface area (Å²) in [5.41, 5.74) is 10.3. The molecule has 0 atom stereocenters. The van der Waals surface area contributed by atoms with E-state index in [2.05, 4.69) is 30.0 Å². The van der Waals surface area contributed by atoms with Gasteiger partial charge < -0.3 is 15.2 Å². The van der Waals surface area contributed by atoms with Crippen molar-refractivity contribution in [3.63, 3.8) is 0 Å². The van der Waals surface area contributed by atoms with E-state index in [-0.39, 0.29) is 35.0 Å². The van der Waals surface area contributed by atoms with Gasteiger partial charge in [-0.1, -0.05) is 43.9 Å². The molecule has 2 aromatic carbocycles. The molecule has 2 saturated carbocycles. The summed E-state index contributed by atoms with van der Waals surface area (Å²) < 4.78 is 66.0. The highest BCUT2D eigenvalue weighted by molar-refractivity contribution is 7.90. The van der Waals surface area contributed by atoms with Crippen LogP contribution in [0.15, 0.2) is 73.4 Å². The van der Waals surface area contributed by atoms with E-state index >= 15 is 0 Å². The predicted molar refractivity (Wildman–Crippen MR) is 240 cm³/mol. The van der Waals surface area contributed by atoms with Crippen molar-refractivity contribution in [1.82, 2.24) is 24.9 Å². The van der Waals surface area contributed by atoms with Crippen LogP contribution < -0.4 is 20.6 Å². The molecule has 61 heavy (non-hydrogen) atoms. The molecular formula is C42H64BN10O6S2. The summed E-state index contributed by atoms with van der Waals surface area (Å²) >= 11 is 0. The Morgan fingerprint density at radius 3 is 1.89 bits per heavy atom. The first-order chi connectivity index (χ1) is 29.0. The second-order valence-corrected chi connectivity index (χ2v) is 19.3. The Bertz CT molecular complexity index is 2020. The van der Waals surface area contributed by atoms with Gasteiger partial charge in [0, 0.05) is 84.6 Å². The molecule has 6 aliphatic rings. The van der Waals surface area contributed by atoms with Crippen molar-refractivity contribution in [2.75, 3.05) is 59.2 Å². The van der Waals surface area contributed by atoms with Gasteiger partial charge in [-0.15, -0.1) is 0 Å². The molecular weight excluding hydrogens is 815 g/mol. The molecule has 4 heterocycles. The van der Waals surface area contributed by atoms with Crippen LogP contribution in [0.4, 0.5) is 0 Å². The molecule has 3 saturated heterocycles. The van der Waals surface area contributed by atoms with E-state index in [1.54, 1.807) is 35.3 Å². The highest BCUT2D eigenvalue weighted by atomic mass is 32.2. The van der Waals surface area contributed by atoms with E-state index in [1.165, 1.54) is 76.3 Å². The lowest BCUT2D eigenvalue weighted by atomic mass is 9.88. The van der Waals surface area contributed by atoms with Crippen LogP contribution >= 0.6 is 0 Å². The molecule has 0 amide bonds. The van der Waals surface area contributed by atoms with E-state index < -0.39 is 20.0 Å². The van der Waals surface area contributed by atoms with Crippen LogP contribution in [0.3, 0.4) is 0 Å². The van der Waals surface area contributed by atoms with Gasteiger partial charge in [0.2, 0.25) is 11.9 Å². The second kappa shape index (κ2) is 24.0. The number of sulfonamides is 2. The maximum absolute atomic E-state index is 12.8. The van der Waals surface area contributed by atoms with E-state index in [4.69, 9.17) is 20.5 Å². The Morgan fingerprint density at radius 2 is 1.34 bits per heavy atom. The number of rotatable bonds is 7. The fraction of sp³-hybridized carbons (Fsp3) is 0.619. The largest absolute Gasteiger partial charge is 0.381 e. The fourth-order valence-electron chi connectivity index (χ4n) is 7.98. The van der Waals surface area contributed by atoms with Crippen LogP contribution in [0.2, 0.25) is 0 Å². The van der Waals surface area contributed by atoms with E-state index in [0.717, 1.165) is 57.9 Å². The number of nitrogens with one attached hydrogen (secondary N) is 3. The van der Waals surface area contributed by atoms with Crippen LogP contribution in [0.25, 0.3) is 0 Å². The minimum absolute atomic E-state index is 0. The number of hydrazine groups is 1. The van der Waals surface area contributed by atoms with Gasteiger partial charge in [0.05, 0.1) is 28.0 Å². The molecule has 2 spiro atoms. The molecule has 3 radical (unpaired) electrons. The zero-order chi connectivity index (χ0) is 42.9. The molecule has 333 valence electrons. The number of ether oxygens (including phenoxy) is 2. The third kappa shape index (κ3) is 14.5. The first-order valence-electron chi connectivity index (χ1n) is 21.4. The molecule has 16 nitrogen and oxygen atoms in total. The minimum Gasteiger partial charge on any atom is -0.381 e. The minimum atomic E-state index is -3.83. The van der Waals surface area contributed by atoms with Crippen LogP contribution in [0.1, 0.15) is 102 Å². The summed E-state index contributed by atoms with van der Waals surface area (Å²) in [5, 5.41) is 16.9. The summed E-state index contributed by atoms with van der Waals surface area (Å²) in [4.78, 5) is 8.91. The van der Waals surface area contributed by atoms with E-state index in [0.29, 0.717) is 37.7 Å². The third-order valence-corrected chi connectivity index (χ3v) is 13.9. The lowest BCUT2D eigenvalue weighted by Crippen LogP contribution is -2.47. The summed E-state index contributed by atoms with van der Waals surface area (Å²) in [6, 6.07) is 14.5. The maximum atomic E-state index is 12.8. The lowest BCUT2D eigenvalue weighted by molar-refractivity contribution is 0.198. The third-order valence-electron chi connectivity index (χ3n) is 11.3. The number of guanidine groups is 2. The molecule has 4 aliphatic heterocycles. The quantitative estimate of drug-likeness (QED) is 0.173. The molecule has 0 bridgehead atoms. The van der Waals surface area contributed by atoms with Gasteiger partial charge in [0.15, 0.2) is 0 Å². The number of hydrazone groups is 1. The fourth-order valence-corrected chi connectivity index (χ4v) is 10.1. The first-order valence-corrected chi connectivity index (χ1v) is 24.4. The van der Waals surface area contributed by atoms with Crippen molar-refractivity contribution < 1.29 is 26.3 Å². The molecule has 2 aromatic rings. The van der Waals surface area contributed by atoms with Gasteiger partial charge in [0.25, 0.3) is 20.0 Å². The Hall–Kier alpha value is -4.06. The van der Waals surface area contributed by atoms with Crippen LogP contribution in [-0.4, -0.2) is 113 Å². The smallest absolute Gasteiger partial charge is 0.264 e. The van der Waals surface area contributed by atoms with Crippen molar-refractivity contribution in [3.8, 4) is 6.07 Å². The Labute approximate surface area is 365 Å². The highest BCUT2D eigenvalue weighted by Gasteiger charge is 2.42. The number of nitriles is 1. The van der Waals surface area contributed by atoms with Crippen LogP contribution in [-0.2, 0) is 36.1 Å². The topological polar surface area (TPSA) is 216 Å². The SMILES string of the molecule is C1CCOC1.C1CCOC1.CCN=C(NS(=O)(=O)c1cccc(C#N)c1)N1CC2(C=N1)CCCC2.CCN=C(NS(=O)(=O)c1cccc(CN)c1)N1CC2(CCCC2)CN1.[B]. The zero-order valence-corrected chi connectivity index (χ0v) is 37.5. The molecule has 19 heteroatoms. The Balaban J connectivity index is 0.000000215. The average molecular weight is 880 g/mol. The van der Waals surface area contributed by atoms with Gasteiger partial charge in [-0.05, 0) is 101 Å². The monoisotopic (exact) mass is 879 g/mol. The molecule has 0 aromatic heterocycles. The van der Waals surface area contributed by atoms with Gasteiger partial charge in [-0.25, -0.2) is 36.7 Å². The number of nitrogens with zero attached hydrogens (tertiary/aromatic N) is 6. The van der Waals surface area contributed by atoms with Crippen molar-refractivity contribution in [2.24, 2.45) is 31.6 Å². The number of nitrogens with two attached hydrogens (primary N) is 1. The molecule has 8 rings (SSSR count). The number of hydrogen-bond acceptors (Lipinski definition) is 12. The zero-order valence-electron chi connectivity index (χ0n) is 35.9. The van der Waals surface area contributed by atoms with Crippen molar-refractivity contribution in [3.05, 3.63) is 59.7 Å². The number of aliphatic imine (C=N–C) groups is 2. The summed E-state index contributed by atoms with van der Waals surface area (Å²) in [6.07, 6.45) is 16.4. The standard InChI is InChI=1S/C17H27N5O2S.C17H21N5O2S.2C4H8O.B/c2*1-2-19-16(22-13-17(12-20-22)8-3-4-9-17)21-25(23,24)15-7-5-6-14(10-15)11-18;2*1-2-4-5-3-1;/h5-7,10,20H,2-4,8-9,11-13,18H2,1H3,(H,19,21);5-7,10,12H,2-4,8-9,13H2,1H3,(H,19,21);2*1-4H2;. The maximum Gasteiger partial charge on any atom is 0.264 e. The van der Waals surface area contributed by atoms with Crippen molar-refractivity contribution >= 4 is 46.6 Å². The van der Waals surface area contributed by atoms with Crippen molar-refractivity contribution in [1.29, 1.82) is 5.26 Å². The number of hydrogen-bond donors (Lipinski definition) is 4. The highest BCUT2D eigenvalue weighted by Crippen LogP contribution is 2.41. The Kier molecular flexibility index (Phi) is 19.5. The summed E-state index contributed by atoms with van der Waals surface area (Å²) in [6.45, 7) is 11.3. The first kappa shape index (κ1) is 49.6. The summed E-state index contributed by atoms with van der Waals surface area (Å²) in [7, 11) is -7.54. The molecule has 5 fully saturated rings. The van der Waals surface area contributed by atoms with Gasteiger partial charge in [-0.2, -0.15) is 10.4 Å². The lowest BCUT2D eigenvalue weighted by Gasteiger charge is -2.24. The average Bonchev–Trinajstić information content (AvgIpc) is 4.13. The van der Waals surface area contributed by atoms with Crippen molar-refractivity contribution in [2.45, 2.75) is 107 Å². The molecule has 0 unspecified atom stereocenters. The van der Waals surface area contributed by atoms with Crippen LogP contribution in [0.5, 0.6) is 0 Å². The Morgan fingerprint density at radius 1 is 0.803 bits per heavy atom. The molecule has 5 N–H and O–H groups in total. The number of benzene rings is 2. The van der Waals surface area contributed by atoms with E-state index in [1.807, 2.05) is 37.2 Å². The predicted octanol–water partition coefficient (Wildman–Crippen LogP) is 4.47. The normalized spacial score (nSPS) is 20.2. The van der Waals surface area contributed by atoms with Gasteiger partial charge >= 0.3 is 0 Å². The van der Waals surface area contributed by atoms with Crippen LogP contribution in [0, 0.1) is 22.2 Å². The second-order valence-electron chi connectivity index (χ2n) is 15.9.